The molecule has 0 aromatic carbocycles. The van der Waals surface area contributed by atoms with E-state index in [9.17, 15) is 0 Å². The Morgan fingerprint density at radius 2 is 1.83 bits per heavy atom. The predicted molar refractivity (Wildman–Crippen MR) is 79.2 cm³/mol. The fourth-order valence-electron chi connectivity index (χ4n) is 2.44. The average molecular weight is 253 g/mol. The minimum Gasteiger partial charge on any atom is -0.478 e. The maximum absolute atomic E-state index is 5.65. The molecule has 2 heteroatoms. The van der Waals surface area contributed by atoms with Crippen LogP contribution in [0.1, 0.15) is 79.1 Å². The first-order valence-electron chi connectivity index (χ1n) is 7.75. The Balaban J connectivity index is 2.06. The maximum atomic E-state index is 5.65. The Labute approximate surface area is 113 Å². The number of unbranched alkanes of at least 4 members (excludes halogenated alkanes) is 5. The lowest BCUT2D eigenvalue weighted by Crippen LogP contribution is -2.17. The van der Waals surface area contributed by atoms with Gasteiger partial charge in [-0.05, 0) is 19.8 Å². The van der Waals surface area contributed by atoms with Gasteiger partial charge in [0.15, 0.2) is 5.90 Å². The third kappa shape index (κ3) is 6.42. The van der Waals surface area contributed by atoms with Crippen molar-refractivity contribution in [1.29, 1.82) is 0 Å². The largest absolute Gasteiger partial charge is 0.478 e. The van der Waals surface area contributed by atoms with Crippen molar-refractivity contribution in [2.75, 3.05) is 6.61 Å². The van der Waals surface area contributed by atoms with E-state index in [0.717, 1.165) is 18.9 Å². The molecule has 1 aliphatic rings. The second-order valence-corrected chi connectivity index (χ2v) is 6.47. The van der Waals surface area contributed by atoms with Gasteiger partial charge in [0.1, 0.15) is 6.61 Å². The Kier molecular flexibility index (Phi) is 6.73. The maximum Gasteiger partial charge on any atom is 0.184 e. The molecule has 0 amide bonds. The molecule has 0 aliphatic carbocycles. The molecule has 1 atom stereocenters. The van der Waals surface area contributed by atoms with Crippen molar-refractivity contribution in [3.8, 4) is 0 Å². The van der Waals surface area contributed by atoms with Crippen LogP contribution >= 0.6 is 0 Å². The van der Waals surface area contributed by atoms with Gasteiger partial charge < -0.3 is 4.74 Å². The van der Waals surface area contributed by atoms with Gasteiger partial charge in [-0.15, -0.1) is 0 Å². The Morgan fingerprint density at radius 3 is 2.44 bits per heavy atom. The number of ether oxygens (including phenoxy) is 1. The number of nitrogens with zero attached hydrogens (tertiary/aromatic N) is 1. The van der Waals surface area contributed by atoms with Crippen LogP contribution in [-0.2, 0) is 4.74 Å². The Morgan fingerprint density at radius 1 is 1.17 bits per heavy atom. The molecule has 0 saturated carbocycles. The Bertz CT molecular complexity index is 258. The van der Waals surface area contributed by atoms with E-state index in [4.69, 9.17) is 4.74 Å². The summed E-state index contributed by atoms with van der Waals surface area (Å²) < 4.78 is 5.65. The van der Waals surface area contributed by atoms with Gasteiger partial charge in [0.25, 0.3) is 0 Å². The van der Waals surface area contributed by atoms with Crippen molar-refractivity contribution in [3.63, 3.8) is 0 Å². The second kappa shape index (κ2) is 7.81. The summed E-state index contributed by atoms with van der Waals surface area (Å²) in [6.45, 7) is 9.62. The molecule has 0 aromatic heterocycles. The van der Waals surface area contributed by atoms with Crippen molar-refractivity contribution >= 4 is 5.90 Å². The number of rotatable bonds is 9. The van der Waals surface area contributed by atoms with E-state index >= 15 is 0 Å². The molecule has 1 heterocycles. The SMILES string of the molecule is CCCCCCCCC(C)CC1=NC(C)(C)CO1. The zero-order chi connectivity index (χ0) is 13.4. The first-order chi connectivity index (χ1) is 8.53. The second-order valence-electron chi connectivity index (χ2n) is 6.47. The van der Waals surface area contributed by atoms with Gasteiger partial charge in [-0.1, -0.05) is 58.8 Å². The van der Waals surface area contributed by atoms with Crippen LogP contribution in [0.4, 0.5) is 0 Å². The molecule has 1 aliphatic heterocycles. The summed E-state index contributed by atoms with van der Waals surface area (Å²) in [6, 6.07) is 0. The van der Waals surface area contributed by atoms with Crippen molar-refractivity contribution in [1.82, 2.24) is 0 Å². The van der Waals surface area contributed by atoms with Crippen molar-refractivity contribution in [2.45, 2.75) is 84.6 Å². The average Bonchev–Trinajstić information content (AvgIpc) is 2.63. The highest BCUT2D eigenvalue weighted by Crippen LogP contribution is 2.22. The summed E-state index contributed by atoms with van der Waals surface area (Å²) >= 11 is 0. The molecule has 0 radical (unpaired) electrons. The summed E-state index contributed by atoms with van der Waals surface area (Å²) in [7, 11) is 0. The third-order valence-electron chi connectivity index (χ3n) is 3.59. The van der Waals surface area contributed by atoms with E-state index in [2.05, 4.69) is 32.7 Å². The minimum absolute atomic E-state index is 0.00913. The van der Waals surface area contributed by atoms with Gasteiger partial charge in [0, 0.05) is 6.42 Å². The number of hydrogen-bond donors (Lipinski definition) is 0. The van der Waals surface area contributed by atoms with Crippen molar-refractivity contribution in [2.24, 2.45) is 10.9 Å². The van der Waals surface area contributed by atoms with E-state index in [0.29, 0.717) is 5.92 Å². The predicted octanol–water partition coefficient (Wildman–Crippen LogP) is 4.97. The molecular weight excluding hydrogens is 222 g/mol. The molecule has 0 spiro atoms. The lowest BCUT2D eigenvalue weighted by Gasteiger charge is -2.10. The molecule has 0 aromatic rings. The van der Waals surface area contributed by atoms with Crippen molar-refractivity contribution in [3.05, 3.63) is 0 Å². The molecule has 18 heavy (non-hydrogen) atoms. The Hall–Kier alpha value is -0.530. The van der Waals surface area contributed by atoms with Gasteiger partial charge in [-0.3, -0.25) is 0 Å². The molecule has 0 N–H and O–H groups in total. The molecule has 0 bridgehead atoms. The van der Waals surface area contributed by atoms with Crippen LogP contribution < -0.4 is 0 Å². The lowest BCUT2D eigenvalue weighted by molar-refractivity contribution is 0.269. The smallest absolute Gasteiger partial charge is 0.184 e. The highest BCUT2D eigenvalue weighted by molar-refractivity contribution is 5.78. The molecule has 0 fully saturated rings. The molecular formula is C16H31NO. The third-order valence-corrected chi connectivity index (χ3v) is 3.59. The molecule has 106 valence electrons. The summed E-state index contributed by atoms with van der Waals surface area (Å²) in [4.78, 5) is 4.62. The number of hydrogen-bond acceptors (Lipinski definition) is 2. The van der Waals surface area contributed by atoms with E-state index in [1.165, 1.54) is 44.9 Å². The van der Waals surface area contributed by atoms with Crippen LogP contribution in [0.2, 0.25) is 0 Å². The zero-order valence-electron chi connectivity index (χ0n) is 12.8. The van der Waals surface area contributed by atoms with Crippen molar-refractivity contribution < 1.29 is 4.74 Å². The van der Waals surface area contributed by atoms with Crippen LogP contribution in [0.25, 0.3) is 0 Å². The fourth-order valence-corrected chi connectivity index (χ4v) is 2.44. The van der Waals surface area contributed by atoms with Crippen LogP contribution in [0.3, 0.4) is 0 Å². The van der Waals surface area contributed by atoms with Gasteiger partial charge in [-0.2, -0.15) is 0 Å². The topological polar surface area (TPSA) is 21.6 Å². The summed E-state index contributed by atoms with van der Waals surface area (Å²) in [5.74, 6) is 1.70. The molecule has 0 saturated heterocycles. The molecule has 2 nitrogen and oxygen atoms in total. The molecule has 1 rings (SSSR count). The normalized spacial score (nSPS) is 19.4. The highest BCUT2D eigenvalue weighted by atomic mass is 16.5. The minimum atomic E-state index is 0.00913. The van der Waals surface area contributed by atoms with E-state index in [-0.39, 0.29) is 5.54 Å². The van der Waals surface area contributed by atoms with E-state index in [1.807, 2.05) is 0 Å². The molecule has 1 unspecified atom stereocenters. The van der Waals surface area contributed by atoms with Gasteiger partial charge >= 0.3 is 0 Å². The van der Waals surface area contributed by atoms with Crippen LogP contribution in [0, 0.1) is 5.92 Å². The number of aliphatic imine (C=N–C) groups is 1. The van der Waals surface area contributed by atoms with Crippen LogP contribution in [0.5, 0.6) is 0 Å². The van der Waals surface area contributed by atoms with E-state index < -0.39 is 0 Å². The van der Waals surface area contributed by atoms with Gasteiger partial charge in [0.2, 0.25) is 0 Å². The monoisotopic (exact) mass is 253 g/mol. The van der Waals surface area contributed by atoms with Gasteiger partial charge in [-0.25, -0.2) is 4.99 Å². The fraction of sp³-hybridized carbons (Fsp3) is 0.938. The van der Waals surface area contributed by atoms with Crippen LogP contribution in [0.15, 0.2) is 4.99 Å². The summed E-state index contributed by atoms with van der Waals surface area (Å²) in [6.07, 6.45) is 10.6. The van der Waals surface area contributed by atoms with Crippen LogP contribution in [-0.4, -0.2) is 18.0 Å². The van der Waals surface area contributed by atoms with Gasteiger partial charge in [0.05, 0.1) is 5.54 Å². The first kappa shape index (κ1) is 15.5. The summed E-state index contributed by atoms with van der Waals surface area (Å²) in [5, 5.41) is 0. The standard InChI is InChI=1S/C16H31NO/c1-5-6-7-8-9-10-11-14(2)12-15-17-16(3,4)13-18-15/h14H,5-13H2,1-4H3. The highest BCUT2D eigenvalue weighted by Gasteiger charge is 2.26. The quantitative estimate of drug-likeness (QED) is 0.532. The zero-order valence-corrected chi connectivity index (χ0v) is 12.8. The first-order valence-corrected chi connectivity index (χ1v) is 7.75. The lowest BCUT2D eigenvalue weighted by atomic mass is 9.99. The summed E-state index contributed by atoms with van der Waals surface area (Å²) in [5.41, 5.74) is 0.00913. The van der Waals surface area contributed by atoms with E-state index in [1.54, 1.807) is 0 Å².